The van der Waals surface area contributed by atoms with Gasteiger partial charge >= 0.3 is 0 Å². The topological polar surface area (TPSA) is 0 Å². The van der Waals surface area contributed by atoms with Crippen LogP contribution in [0.3, 0.4) is 0 Å². The molecule has 0 N–H and O–H groups in total. The average molecular weight is 633 g/mol. The molecule has 1 unspecified atom stereocenters. The molecular weight excluding hydrogens is 580 g/mol. The largest absolute Gasteiger partial charge is 0.209 e. The van der Waals surface area contributed by atoms with Gasteiger partial charge in [-0.25, -0.2) is 17.6 Å². The Morgan fingerprint density at radius 2 is 1.54 bits per heavy atom. The van der Waals surface area contributed by atoms with Crippen LogP contribution in [0.4, 0.5) is 17.6 Å². The van der Waals surface area contributed by atoms with Crippen molar-refractivity contribution in [3.05, 3.63) is 108 Å². The number of benzene rings is 2. The molecule has 0 aliphatic heterocycles. The molecule has 1 atom stereocenters. The highest BCUT2D eigenvalue weighted by Crippen LogP contribution is 2.43. The number of hydrogen-bond donors (Lipinski definition) is 0. The smallest absolute Gasteiger partial charge is 0.167 e. The molecule has 0 heterocycles. The van der Waals surface area contributed by atoms with E-state index in [-0.39, 0.29) is 17.6 Å². The Bertz CT molecular complexity index is 1400. The van der Waals surface area contributed by atoms with Crippen molar-refractivity contribution < 1.29 is 17.6 Å². The van der Waals surface area contributed by atoms with Crippen LogP contribution in [-0.4, -0.2) is 0 Å². The lowest BCUT2D eigenvalue weighted by molar-refractivity contribution is 0.190. The highest BCUT2D eigenvalue weighted by Gasteiger charge is 2.29. The van der Waals surface area contributed by atoms with Crippen LogP contribution < -0.4 is 0 Å². The maximum Gasteiger partial charge on any atom is 0.167 e. The molecule has 1 saturated carbocycles. The standard InChI is InChI=1S/C42H52F4/c1-4-7-9-10-12-15-39(43)40(44)36(13-6-3)33-24-26-35(27-25-33)38-29-28-37(41(45)42(38)46)34-22-20-32(21-23-34)31-18-16-30(17-19-31)14-11-8-5-2/h5-6,8,13,22,24-32H,3-4,7,9-12,14-21,23H2,1-2H3/b8-5+,36-13-,40-39-. The second-order valence-electron chi connectivity index (χ2n) is 13.3. The van der Waals surface area contributed by atoms with Gasteiger partial charge in [0, 0.05) is 23.1 Å². The zero-order valence-electron chi connectivity index (χ0n) is 27.9. The van der Waals surface area contributed by atoms with E-state index in [1.807, 2.05) is 0 Å². The molecule has 2 aliphatic carbocycles. The molecule has 4 rings (SSSR count). The first kappa shape index (κ1) is 35.7. The number of unbranched alkanes of at least 4 members (excludes halogenated alkanes) is 4. The van der Waals surface area contributed by atoms with E-state index in [1.54, 1.807) is 36.4 Å². The predicted octanol–water partition coefficient (Wildman–Crippen LogP) is 14.1. The zero-order valence-corrected chi connectivity index (χ0v) is 27.9. The molecule has 4 heteroatoms. The maximum absolute atomic E-state index is 15.5. The summed E-state index contributed by atoms with van der Waals surface area (Å²) in [6, 6.07) is 9.79. The van der Waals surface area contributed by atoms with Crippen LogP contribution in [0.25, 0.3) is 22.3 Å². The predicted molar refractivity (Wildman–Crippen MR) is 187 cm³/mol. The lowest BCUT2D eigenvalue weighted by Crippen LogP contribution is -2.23. The summed E-state index contributed by atoms with van der Waals surface area (Å²) in [6.45, 7) is 7.85. The van der Waals surface area contributed by atoms with E-state index in [4.69, 9.17) is 0 Å². The molecule has 0 radical (unpaired) electrons. The number of hydrogen-bond acceptors (Lipinski definition) is 0. The van der Waals surface area contributed by atoms with Crippen molar-refractivity contribution in [1.82, 2.24) is 0 Å². The summed E-state index contributed by atoms with van der Waals surface area (Å²) >= 11 is 0. The maximum atomic E-state index is 15.5. The Kier molecular flexibility index (Phi) is 14.2. The Morgan fingerprint density at radius 3 is 2.20 bits per heavy atom. The van der Waals surface area contributed by atoms with E-state index in [0.29, 0.717) is 29.0 Å². The summed E-state index contributed by atoms with van der Waals surface area (Å²) < 4.78 is 60.8. The van der Waals surface area contributed by atoms with Crippen LogP contribution in [0.15, 0.2) is 85.0 Å². The normalized spacial score (nSPS) is 21.3. The van der Waals surface area contributed by atoms with Crippen LogP contribution in [0.1, 0.15) is 121 Å². The summed E-state index contributed by atoms with van der Waals surface area (Å²) in [5, 5.41) is 0. The molecule has 0 saturated heterocycles. The van der Waals surface area contributed by atoms with Gasteiger partial charge in [0.1, 0.15) is 5.83 Å². The first-order chi connectivity index (χ1) is 22.4. The molecule has 2 aromatic rings. The second kappa shape index (κ2) is 18.3. The van der Waals surface area contributed by atoms with Gasteiger partial charge in [0.05, 0.1) is 0 Å². The van der Waals surface area contributed by atoms with Crippen molar-refractivity contribution >= 4 is 11.1 Å². The average Bonchev–Trinajstić information content (AvgIpc) is 3.08. The summed E-state index contributed by atoms with van der Waals surface area (Å²) in [5.74, 6) is -1.17. The van der Waals surface area contributed by atoms with E-state index in [0.717, 1.165) is 62.4 Å². The van der Waals surface area contributed by atoms with Gasteiger partial charge in [-0.1, -0.05) is 119 Å². The minimum absolute atomic E-state index is 0.0500. The lowest BCUT2D eigenvalue weighted by Gasteiger charge is -2.35. The minimum atomic E-state index is -0.902. The Hall–Kier alpha value is -3.14. The van der Waals surface area contributed by atoms with Crippen molar-refractivity contribution in [2.24, 2.45) is 17.8 Å². The highest BCUT2D eigenvalue weighted by atomic mass is 19.2. The second-order valence-corrected chi connectivity index (χ2v) is 13.3. The van der Waals surface area contributed by atoms with Gasteiger partial charge in [-0.15, -0.1) is 0 Å². The summed E-state index contributed by atoms with van der Waals surface area (Å²) in [5.41, 5.74) is 2.40. The first-order valence-electron chi connectivity index (χ1n) is 17.6. The number of halogens is 4. The highest BCUT2D eigenvalue weighted by molar-refractivity contribution is 5.80. The van der Waals surface area contributed by atoms with Gasteiger partial charge in [-0.05, 0) is 92.7 Å². The van der Waals surface area contributed by atoms with Crippen LogP contribution >= 0.6 is 0 Å². The molecule has 0 amide bonds. The fourth-order valence-corrected chi connectivity index (χ4v) is 7.38. The van der Waals surface area contributed by atoms with Crippen molar-refractivity contribution in [3.63, 3.8) is 0 Å². The van der Waals surface area contributed by atoms with Gasteiger partial charge in [0.15, 0.2) is 17.5 Å². The molecule has 0 spiro atoms. The van der Waals surface area contributed by atoms with Gasteiger partial charge in [0.25, 0.3) is 0 Å². The molecule has 1 fully saturated rings. The summed E-state index contributed by atoms with van der Waals surface area (Å²) in [7, 11) is 0. The fraction of sp³-hybridized carbons (Fsp3) is 0.476. The van der Waals surface area contributed by atoms with Crippen LogP contribution in [0, 0.1) is 29.4 Å². The van der Waals surface area contributed by atoms with Crippen LogP contribution in [0.2, 0.25) is 0 Å². The minimum Gasteiger partial charge on any atom is -0.209 e. The molecular formula is C42H52F4. The van der Waals surface area contributed by atoms with E-state index in [2.05, 4.69) is 38.7 Å². The fourth-order valence-electron chi connectivity index (χ4n) is 7.38. The van der Waals surface area contributed by atoms with Gasteiger partial charge in [-0.2, -0.15) is 0 Å². The molecule has 248 valence electrons. The number of allylic oxidation sites excluding steroid dienone is 9. The third-order valence-corrected chi connectivity index (χ3v) is 10.2. The Labute approximate surface area is 275 Å². The monoisotopic (exact) mass is 632 g/mol. The van der Waals surface area contributed by atoms with Crippen molar-refractivity contribution in [1.29, 1.82) is 0 Å². The van der Waals surface area contributed by atoms with Crippen molar-refractivity contribution in [2.45, 2.75) is 110 Å². The molecule has 0 nitrogen and oxygen atoms in total. The summed E-state index contributed by atoms with van der Waals surface area (Å²) in [4.78, 5) is 0. The van der Waals surface area contributed by atoms with Gasteiger partial charge in [0.2, 0.25) is 0 Å². The van der Waals surface area contributed by atoms with Crippen LogP contribution in [-0.2, 0) is 0 Å². The van der Waals surface area contributed by atoms with E-state index in [9.17, 15) is 4.39 Å². The van der Waals surface area contributed by atoms with Crippen LogP contribution in [0.5, 0.6) is 0 Å². The first-order valence-corrected chi connectivity index (χ1v) is 17.6. The summed E-state index contributed by atoms with van der Waals surface area (Å²) in [6.07, 6.45) is 24.5. The van der Waals surface area contributed by atoms with E-state index in [1.165, 1.54) is 50.7 Å². The van der Waals surface area contributed by atoms with Crippen molar-refractivity contribution in [2.75, 3.05) is 0 Å². The quantitative estimate of drug-likeness (QED) is 0.0793. The molecule has 46 heavy (non-hydrogen) atoms. The molecule has 2 aromatic carbocycles. The van der Waals surface area contributed by atoms with Gasteiger partial charge < -0.3 is 0 Å². The third-order valence-electron chi connectivity index (χ3n) is 10.2. The molecule has 2 aliphatic rings. The van der Waals surface area contributed by atoms with Crippen molar-refractivity contribution in [3.8, 4) is 11.1 Å². The third kappa shape index (κ3) is 9.46. The molecule has 0 bridgehead atoms. The van der Waals surface area contributed by atoms with E-state index >= 15 is 13.2 Å². The molecule has 0 aromatic heterocycles. The lowest BCUT2D eigenvalue weighted by atomic mass is 9.70. The Morgan fingerprint density at radius 1 is 0.848 bits per heavy atom. The SMILES string of the molecule is C=C/C=C(\C(F)=C(\F)CCCCCCC)c1ccc(-c2ccc(C3=CCC(C4CCC(CC/C=C/C)CC4)CC3)c(F)c2F)cc1. The van der Waals surface area contributed by atoms with E-state index < -0.39 is 23.3 Å². The number of rotatable bonds is 15. The van der Waals surface area contributed by atoms with Gasteiger partial charge in [-0.3, -0.25) is 0 Å². The zero-order chi connectivity index (χ0) is 32.9. The Balaban J connectivity index is 1.41.